The van der Waals surface area contributed by atoms with Gasteiger partial charge in [-0.25, -0.2) is 4.79 Å². The minimum absolute atomic E-state index is 0.214. The molecule has 2 N–H and O–H groups in total. The predicted octanol–water partition coefficient (Wildman–Crippen LogP) is 2.42. The zero-order valence-electron chi connectivity index (χ0n) is 15.7. The van der Waals surface area contributed by atoms with Gasteiger partial charge >= 0.3 is 12.0 Å². The van der Waals surface area contributed by atoms with E-state index in [1.807, 2.05) is 32.0 Å². The quantitative estimate of drug-likeness (QED) is 0.519. The molecule has 1 aromatic rings. The maximum atomic E-state index is 11.7. The van der Waals surface area contributed by atoms with Gasteiger partial charge in [0, 0.05) is 24.9 Å². The molecule has 0 aliphatic carbocycles. The zero-order chi connectivity index (χ0) is 19.0. The number of carbonyl (C=O) groups excluding carboxylic acids is 2. The van der Waals surface area contributed by atoms with Crippen LogP contribution in [0.4, 0.5) is 4.79 Å². The van der Waals surface area contributed by atoms with Gasteiger partial charge in [0.2, 0.25) is 0 Å². The van der Waals surface area contributed by atoms with Crippen LogP contribution < -0.4 is 20.1 Å². The lowest BCUT2D eigenvalue weighted by atomic mass is 10.0. The van der Waals surface area contributed by atoms with E-state index >= 15 is 0 Å². The molecule has 0 unspecified atom stereocenters. The van der Waals surface area contributed by atoms with Gasteiger partial charge in [0.15, 0.2) is 11.5 Å². The fraction of sp³-hybridized carbons (Fsp3) is 0.579. The average molecular weight is 364 g/mol. The highest BCUT2D eigenvalue weighted by Crippen LogP contribution is 2.41. The van der Waals surface area contributed by atoms with Gasteiger partial charge in [-0.15, -0.1) is 0 Å². The molecule has 0 saturated carbocycles. The molecule has 2 amide bonds. The Kier molecular flexibility index (Phi) is 7.12. The Hall–Kier alpha value is -2.44. The van der Waals surface area contributed by atoms with E-state index in [0.29, 0.717) is 38.3 Å². The molecule has 0 aromatic heterocycles. The summed E-state index contributed by atoms with van der Waals surface area (Å²) in [5.74, 6) is 1.28. The number of hydrogen-bond donors (Lipinski definition) is 2. The lowest BCUT2D eigenvalue weighted by Gasteiger charge is -2.18. The van der Waals surface area contributed by atoms with Gasteiger partial charge in [-0.3, -0.25) is 4.79 Å². The van der Waals surface area contributed by atoms with Crippen molar-refractivity contribution in [2.24, 2.45) is 0 Å². The fourth-order valence-electron chi connectivity index (χ4n) is 2.79. The SMILES string of the molecule is COC(=O)CCCCNC(=O)NCCOc1cccc2c1OC(C)(C)C2. The van der Waals surface area contributed by atoms with Gasteiger partial charge < -0.3 is 24.8 Å². The Balaban J connectivity index is 1.61. The van der Waals surface area contributed by atoms with Gasteiger partial charge in [0.1, 0.15) is 12.2 Å². The third-order valence-electron chi connectivity index (χ3n) is 4.02. The van der Waals surface area contributed by atoms with Crippen molar-refractivity contribution in [2.75, 3.05) is 26.8 Å². The van der Waals surface area contributed by atoms with Gasteiger partial charge in [0.05, 0.1) is 13.7 Å². The Morgan fingerprint density at radius 3 is 2.73 bits per heavy atom. The number of methoxy groups -OCH3 is 1. The third-order valence-corrected chi connectivity index (χ3v) is 4.02. The van der Waals surface area contributed by atoms with E-state index in [1.54, 1.807) is 0 Å². The topological polar surface area (TPSA) is 85.9 Å². The van der Waals surface area contributed by atoms with Crippen LogP contribution in [-0.4, -0.2) is 44.4 Å². The van der Waals surface area contributed by atoms with Crippen LogP contribution >= 0.6 is 0 Å². The average Bonchev–Trinajstić information content (AvgIpc) is 2.92. The van der Waals surface area contributed by atoms with Crippen LogP contribution in [0.2, 0.25) is 0 Å². The summed E-state index contributed by atoms with van der Waals surface area (Å²) in [5, 5.41) is 5.48. The van der Waals surface area contributed by atoms with Crippen molar-refractivity contribution in [1.82, 2.24) is 10.6 Å². The van der Waals surface area contributed by atoms with Crippen LogP contribution in [0.15, 0.2) is 18.2 Å². The molecule has 0 fully saturated rings. The molecule has 0 saturated heterocycles. The normalized spacial score (nSPS) is 14.1. The summed E-state index contributed by atoms with van der Waals surface area (Å²) in [6, 6.07) is 5.63. The molecular weight excluding hydrogens is 336 g/mol. The number of nitrogens with one attached hydrogen (secondary N) is 2. The van der Waals surface area contributed by atoms with E-state index < -0.39 is 0 Å². The van der Waals surface area contributed by atoms with E-state index in [4.69, 9.17) is 9.47 Å². The van der Waals surface area contributed by atoms with Gasteiger partial charge in [-0.1, -0.05) is 12.1 Å². The highest BCUT2D eigenvalue weighted by atomic mass is 16.5. The second-order valence-electron chi connectivity index (χ2n) is 6.85. The molecule has 26 heavy (non-hydrogen) atoms. The Morgan fingerprint density at radius 2 is 1.96 bits per heavy atom. The molecule has 1 heterocycles. The highest BCUT2D eigenvalue weighted by Gasteiger charge is 2.32. The van der Waals surface area contributed by atoms with Crippen LogP contribution in [-0.2, 0) is 16.0 Å². The molecule has 0 bridgehead atoms. The van der Waals surface area contributed by atoms with E-state index in [-0.39, 0.29) is 17.6 Å². The number of unbranched alkanes of at least 4 members (excludes halogenated alkanes) is 1. The maximum absolute atomic E-state index is 11.7. The number of para-hydroxylation sites is 1. The summed E-state index contributed by atoms with van der Waals surface area (Å²) in [7, 11) is 1.37. The lowest BCUT2D eigenvalue weighted by molar-refractivity contribution is -0.140. The van der Waals surface area contributed by atoms with Crippen LogP contribution in [0.1, 0.15) is 38.7 Å². The highest BCUT2D eigenvalue weighted by molar-refractivity contribution is 5.73. The zero-order valence-corrected chi connectivity index (χ0v) is 15.7. The largest absolute Gasteiger partial charge is 0.488 e. The number of amides is 2. The summed E-state index contributed by atoms with van der Waals surface area (Å²) >= 11 is 0. The van der Waals surface area contributed by atoms with Gasteiger partial charge in [-0.2, -0.15) is 0 Å². The monoisotopic (exact) mass is 364 g/mol. The number of fused-ring (bicyclic) bond motifs is 1. The Bertz CT molecular complexity index is 630. The molecular formula is C19H28N2O5. The smallest absolute Gasteiger partial charge is 0.314 e. The van der Waals surface area contributed by atoms with Crippen molar-refractivity contribution >= 4 is 12.0 Å². The number of carbonyl (C=O) groups is 2. The van der Waals surface area contributed by atoms with Crippen LogP contribution in [0, 0.1) is 0 Å². The summed E-state index contributed by atoms with van der Waals surface area (Å²) in [6.07, 6.45) is 2.64. The molecule has 7 nitrogen and oxygen atoms in total. The second kappa shape index (κ2) is 9.31. The van der Waals surface area contributed by atoms with Gasteiger partial charge in [-0.05, 0) is 32.8 Å². The van der Waals surface area contributed by atoms with Crippen LogP contribution in [0.3, 0.4) is 0 Å². The van der Waals surface area contributed by atoms with E-state index in [9.17, 15) is 9.59 Å². The number of rotatable bonds is 9. The minimum atomic E-state index is -0.248. The standard InChI is InChI=1S/C19H28N2O5/c1-19(2)13-14-7-6-8-15(17(14)26-19)25-12-11-21-18(23)20-10-5-4-9-16(22)24-3/h6-8H,4-5,9-13H2,1-3H3,(H2,20,21,23). The molecule has 2 rings (SSSR count). The lowest BCUT2D eigenvalue weighted by Crippen LogP contribution is -2.38. The maximum Gasteiger partial charge on any atom is 0.314 e. The molecule has 7 heteroatoms. The first-order chi connectivity index (χ1) is 12.4. The summed E-state index contributed by atoms with van der Waals surface area (Å²) in [4.78, 5) is 22.6. The van der Waals surface area contributed by atoms with E-state index in [1.165, 1.54) is 7.11 Å². The molecule has 1 aromatic carbocycles. The molecule has 1 aliphatic heterocycles. The molecule has 144 valence electrons. The van der Waals surface area contributed by atoms with E-state index in [2.05, 4.69) is 15.4 Å². The number of esters is 1. The Morgan fingerprint density at radius 1 is 1.19 bits per heavy atom. The third kappa shape index (κ3) is 6.13. The van der Waals surface area contributed by atoms with Crippen molar-refractivity contribution in [2.45, 2.75) is 45.1 Å². The first kappa shape index (κ1) is 19.9. The molecule has 1 aliphatic rings. The molecule has 0 atom stereocenters. The van der Waals surface area contributed by atoms with Crippen molar-refractivity contribution in [3.05, 3.63) is 23.8 Å². The van der Waals surface area contributed by atoms with Crippen molar-refractivity contribution < 1.29 is 23.8 Å². The minimum Gasteiger partial charge on any atom is -0.488 e. The number of urea groups is 1. The van der Waals surface area contributed by atoms with Crippen molar-refractivity contribution in [3.8, 4) is 11.5 Å². The predicted molar refractivity (Wildman–Crippen MR) is 97.6 cm³/mol. The van der Waals surface area contributed by atoms with Crippen LogP contribution in [0.5, 0.6) is 11.5 Å². The fourth-order valence-corrected chi connectivity index (χ4v) is 2.79. The first-order valence-corrected chi connectivity index (χ1v) is 8.93. The molecule has 0 spiro atoms. The number of hydrogen-bond acceptors (Lipinski definition) is 5. The second-order valence-corrected chi connectivity index (χ2v) is 6.85. The van der Waals surface area contributed by atoms with E-state index in [0.717, 1.165) is 24.2 Å². The number of benzene rings is 1. The summed E-state index contributed by atoms with van der Waals surface area (Å²) in [6.45, 7) is 5.36. The Labute approximate surface area is 154 Å². The summed E-state index contributed by atoms with van der Waals surface area (Å²) < 4.78 is 16.3. The summed E-state index contributed by atoms with van der Waals surface area (Å²) in [5.41, 5.74) is 0.929. The first-order valence-electron chi connectivity index (χ1n) is 8.93. The van der Waals surface area contributed by atoms with Crippen LogP contribution in [0.25, 0.3) is 0 Å². The van der Waals surface area contributed by atoms with Crippen molar-refractivity contribution in [3.63, 3.8) is 0 Å². The van der Waals surface area contributed by atoms with Gasteiger partial charge in [0.25, 0.3) is 0 Å². The number of ether oxygens (including phenoxy) is 3. The molecule has 0 radical (unpaired) electrons. The van der Waals surface area contributed by atoms with Crippen molar-refractivity contribution in [1.29, 1.82) is 0 Å².